The first-order valence-corrected chi connectivity index (χ1v) is 13.1. The van der Waals surface area contributed by atoms with Gasteiger partial charge in [-0.15, -0.1) is 0 Å². The lowest BCUT2D eigenvalue weighted by molar-refractivity contribution is -0.157. The maximum atomic E-state index is 13.3. The molecule has 1 saturated carbocycles. The first-order chi connectivity index (χ1) is 16.4. The highest BCUT2D eigenvalue weighted by Crippen LogP contribution is 2.44. The Morgan fingerprint density at radius 2 is 2.06 bits per heavy atom. The van der Waals surface area contributed by atoms with Crippen molar-refractivity contribution in [3.8, 4) is 5.75 Å². The average Bonchev–Trinajstić information content (AvgIpc) is 2.82. The lowest BCUT2D eigenvalue weighted by Crippen LogP contribution is -2.61. The van der Waals surface area contributed by atoms with Gasteiger partial charge in [0.25, 0.3) is 5.91 Å². The number of aliphatic hydroxyl groups is 1. The Morgan fingerprint density at radius 3 is 2.82 bits per heavy atom. The summed E-state index contributed by atoms with van der Waals surface area (Å²) in [6.45, 7) is 6.64. The van der Waals surface area contributed by atoms with Gasteiger partial charge in [0, 0.05) is 35.5 Å². The first kappa shape index (κ1) is 24.8. The van der Waals surface area contributed by atoms with Crippen LogP contribution in [0.5, 0.6) is 5.75 Å². The third-order valence-corrected chi connectivity index (χ3v) is 7.96. The van der Waals surface area contributed by atoms with Crippen molar-refractivity contribution in [2.75, 3.05) is 13.2 Å². The summed E-state index contributed by atoms with van der Waals surface area (Å²) in [6.07, 6.45) is 9.46. The molecular formula is C28H39NO5. The molecule has 0 unspecified atom stereocenters. The highest BCUT2D eigenvalue weighted by atomic mass is 16.5. The van der Waals surface area contributed by atoms with Crippen molar-refractivity contribution in [3.05, 3.63) is 39.7 Å². The number of carbonyl (C=O) groups excluding carboxylic acids is 1. The lowest BCUT2D eigenvalue weighted by Gasteiger charge is -2.52. The number of amides is 1. The quantitative estimate of drug-likeness (QED) is 0.541. The van der Waals surface area contributed by atoms with Crippen molar-refractivity contribution < 1.29 is 19.1 Å². The number of fused-ring (bicyclic) bond motifs is 2. The number of hydrogen-bond acceptors (Lipinski definition) is 5. The summed E-state index contributed by atoms with van der Waals surface area (Å²) in [6, 6.07) is 5.43. The van der Waals surface area contributed by atoms with E-state index < -0.39 is 5.60 Å². The Morgan fingerprint density at radius 1 is 1.24 bits per heavy atom. The molecule has 186 valence electrons. The van der Waals surface area contributed by atoms with E-state index in [2.05, 4.69) is 13.8 Å². The van der Waals surface area contributed by atoms with E-state index >= 15 is 0 Å². The molecule has 6 nitrogen and oxygen atoms in total. The summed E-state index contributed by atoms with van der Waals surface area (Å²) in [7, 11) is 0. The van der Waals surface area contributed by atoms with E-state index in [1.807, 2.05) is 24.0 Å². The van der Waals surface area contributed by atoms with Crippen LogP contribution in [0.2, 0.25) is 0 Å². The molecule has 1 saturated heterocycles. The summed E-state index contributed by atoms with van der Waals surface area (Å²) in [5.74, 6) is 0.683. The summed E-state index contributed by atoms with van der Waals surface area (Å²) in [4.78, 5) is 27.4. The van der Waals surface area contributed by atoms with Gasteiger partial charge in [-0.1, -0.05) is 46.0 Å². The van der Waals surface area contributed by atoms with Crippen LogP contribution in [0.25, 0.3) is 11.0 Å². The van der Waals surface area contributed by atoms with Gasteiger partial charge in [0.15, 0.2) is 6.61 Å². The van der Waals surface area contributed by atoms with Gasteiger partial charge in [-0.25, -0.2) is 4.79 Å². The van der Waals surface area contributed by atoms with E-state index in [4.69, 9.17) is 9.15 Å². The highest BCUT2D eigenvalue weighted by molar-refractivity contribution is 5.85. The van der Waals surface area contributed by atoms with E-state index in [-0.39, 0.29) is 30.1 Å². The van der Waals surface area contributed by atoms with Crippen LogP contribution in [0, 0.1) is 12.8 Å². The topological polar surface area (TPSA) is 80.0 Å². The van der Waals surface area contributed by atoms with Crippen LogP contribution in [0.1, 0.15) is 82.8 Å². The molecule has 2 fully saturated rings. The minimum absolute atomic E-state index is 0.0330. The molecule has 2 heterocycles. The lowest BCUT2D eigenvalue weighted by atomic mass is 9.66. The number of hydrogen-bond donors (Lipinski definition) is 1. The van der Waals surface area contributed by atoms with Gasteiger partial charge in [0.05, 0.1) is 5.60 Å². The van der Waals surface area contributed by atoms with E-state index in [0.29, 0.717) is 24.3 Å². The summed E-state index contributed by atoms with van der Waals surface area (Å²) in [5, 5.41) is 12.2. The zero-order valence-electron chi connectivity index (χ0n) is 20.9. The van der Waals surface area contributed by atoms with E-state index in [1.165, 1.54) is 0 Å². The summed E-state index contributed by atoms with van der Waals surface area (Å²) >= 11 is 0. The summed E-state index contributed by atoms with van der Waals surface area (Å²) in [5.41, 5.74) is 1.26. The third-order valence-electron chi connectivity index (χ3n) is 7.96. The molecule has 1 aromatic heterocycles. The smallest absolute Gasteiger partial charge is 0.336 e. The predicted octanol–water partition coefficient (Wildman–Crippen LogP) is 5.15. The summed E-state index contributed by atoms with van der Waals surface area (Å²) < 4.78 is 11.5. The molecule has 1 aliphatic carbocycles. The van der Waals surface area contributed by atoms with Gasteiger partial charge < -0.3 is 19.2 Å². The van der Waals surface area contributed by atoms with Crippen molar-refractivity contribution in [2.45, 2.75) is 96.6 Å². The fraction of sp³-hybridized carbons (Fsp3) is 0.643. The second kappa shape index (κ2) is 10.5. The van der Waals surface area contributed by atoms with Gasteiger partial charge in [-0.3, -0.25) is 4.79 Å². The number of carbonyl (C=O) groups is 1. The second-order valence-electron chi connectivity index (χ2n) is 10.2. The minimum Gasteiger partial charge on any atom is -0.483 e. The maximum absolute atomic E-state index is 13.3. The van der Waals surface area contributed by atoms with Gasteiger partial charge in [0.2, 0.25) is 0 Å². The van der Waals surface area contributed by atoms with Crippen LogP contribution in [0.15, 0.2) is 27.4 Å². The normalized spacial score (nSPS) is 24.8. The highest BCUT2D eigenvalue weighted by Gasteiger charge is 2.49. The zero-order valence-corrected chi connectivity index (χ0v) is 20.9. The van der Waals surface area contributed by atoms with Crippen molar-refractivity contribution in [3.63, 3.8) is 0 Å². The fourth-order valence-corrected chi connectivity index (χ4v) is 6.15. The van der Waals surface area contributed by atoms with Crippen LogP contribution in [-0.2, 0) is 11.2 Å². The molecule has 3 atom stereocenters. The van der Waals surface area contributed by atoms with Crippen LogP contribution in [0.4, 0.5) is 0 Å². The Bertz CT molecular complexity index is 1080. The number of unbranched alkanes of at least 4 members (excludes halogenated alkanes) is 1. The van der Waals surface area contributed by atoms with Gasteiger partial charge >= 0.3 is 5.63 Å². The average molecular weight is 470 g/mol. The molecule has 0 bridgehead atoms. The second-order valence-corrected chi connectivity index (χ2v) is 10.2. The Balaban J connectivity index is 1.52. The zero-order chi connectivity index (χ0) is 24.3. The number of nitrogens with zero attached hydrogens (tertiary/aromatic N) is 1. The molecule has 0 spiro atoms. The first-order valence-electron chi connectivity index (χ1n) is 13.1. The number of piperidine rings is 1. The van der Waals surface area contributed by atoms with Crippen molar-refractivity contribution >= 4 is 16.9 Å². The van der Waals surface area contributed by atoms with E-state index in [9.17, 15) is 14.7 Å². The molecule has 2 aromatic rings. The number of ether oxygens (including phenoxy) is 1. The molecule has 1 amide bonds. The number of likely N-dealkylation sites (tertiary alicyclic amines) is 1. The van der Waals surface area contributed by atoms with E-state index in [0.717, 1.165) is 74.3 Å². The number of benzene rings is 1. The maximum Gasteiger partial charge on any atom is 0.336 e. The number of aryl methyl sites for hydroxylation is 2. The van der Waals surface area contributed by atoms with Crippen molar-refractivity contribution in [1.29, 1.82) is 0 Å². The molecule has 1 aromatic carbocycles. The largest absolute Gasteiger partial charge is 0.483 e. The minimum atomic E-state index is -0.628. The predicted molar refractivity (Wildman–Crippen MR) is 133 cm³/mol. The SMILES string of the molecule is CCCC[C@@H]1[C@H]2CCCC[C@]2(O)CCN1C(=O)COc1ccc2c(CCC)cc(=O)oc2c1C. The standard InChI is InChI=1S/C28H39NO5/c1-4-6-11-23-22-10-7-8-14-28(22,32)15-16-29(23)25(30)18-33-24-13-12-21-20(9-5-2)17-26(31)34-27(21)19(24)3/h12-13,17,22-23,32H,4-11,14-16,18H2,1-3H3/t22-,23-,28+/m1/s1. The molecule has 2 aliphatic rings. The Labute approximate surface area is 202 Å². The Kier molecular flexibility index (Phi) is 7.66. The molecule has 0 radical (unpaired) electrons. The molecule has 34 heavy (non-hydrogen) atoms. The van der Waals surface area contributed by atoms with Crippen LogP contribution < -0.4 is 10.4 Å². The van der Waals surface area contributed by atoms with Crippen LogP contribution >= 0.6 is 0 Å². The van der Waals surface area contributed by atoms with Gasteiger partial charge in [-0.05, 0) is 56.7 Å². The Hall–Kier alpha value is -2.34. The third kappa shape index (κ3) is 4.88. The molecular weight excluding hydrogens is 430 g/mol. The fourth-order valence-electron chi connectivity index (χ4n) is 6.15. The molecule has 1 N–H and O–H groups in total. The molecule has 1 aliphatic heterocycles. The van der Waals surface area contributed by atoms with Gasteiger partial charge in [0.1, 0.15) is 11.3 Å². The van der Waals surface area contributed by atoms with Gasteiger partial charge in [-0.2, -0.15) is 0 Å². The van der Waals surface area contributed by atoms with Crippen LogP contribution in [-0.4, -0.2) is 40.7 Å². The molecule has 6 heteroatoms. The van der Waals surface area contributed by atoms with E-state index in [1.54, 1.807) is 6.07 Å². The molecule has 4 rings (SSSR count). The number of rotatable bonds is 8. The van der Waals surface area contributed by atoms with Crippen LogP contribution in [0.3, 0.4) is 0 Å². The van der Waals surface area contributed by atoms with Crippen molar-refractivity contribution in [2.24, 2.45) is 5.92 Å². The monoisotopic (exact) mass is 469 g/mol. The van der Waals surface area contributed by atoms with Crippen molar-refractivity contribution in [1.82, 2.24) is 4.90 Å².